The van der Waals surface area contributed by atoms with Gasteiger partial charge in [-0.15, -0.1) is 5.10 Å². The number of hydrogen-bond donors (Lipinski definition) is 1. The zero-order chi connectivity index (χ0) is 19.1. The molecule has 1 atom stereocenters. The minimum absolute atomic E-state index is 0.309. The lowest BCUT2D eigenvalue weighted by Gasteiger charge is -2.23. The van der Waals surface area contributed by atoms with Gasteiger partial charge in [0, 0.05) is 40.6 Å². The molecule has 0 saturated heterocycles. The first-order valence-electron chi connectivity index (χ1n) is 9.63. The van der Waals surface area contributed by atoms with Crippen LogP contribution in [0.2, 0.25) is 5.02 Å². The van der Waals surface area contributed by atoms with Crippen LogP contribution in [0.25, 0.3) is 16.8 Å². The molecule has 0 radical (unpaired) electrons. The van der Waals surface area contributed by atoms with Gasteiger partial charge in [-0.1, -0.05) is 29.8 Å². The summed E-state index contributed by atoms with van der Waals surface area (Å²) in [4.78, 5) is 4.76. The van der Waals surface area contributed by atoms with Crippen molar-refractivity contribution in [1.82, 2.24) is 24.4 Å². The number of pyridine rings is 1. The van der Waals surface area contributed by atoms with Crippen LogP contribution in [0.4, 0.5) is 5.95 Å². The second kappa shape index (κ2) is 6.95. The summed E-state index contributed by atoms with van der Waals surface area (Å²) in [6.45, 7) is 3.06. The van der Waals surface area contributed by atoms with Crippen molar-refractivity contribution in [3.63, 3.8) is 0 Å². The number of aryl methyl sites for hydroxylation is 1. The third-order valence-corrected chi connectivity index (χ3v) is 5.72. The van der Waals surface area contributed by atoms with E-state index in [1.165, 1.54) is 11.3 Å². The molecule has 0 fully saturated rings. The predicted molar refractivity (Wildman–Crippen MR) is 111 cm³/mol. The Morgan fingerprint density at radius 2 is 2.04 bits per heavy atom. The minimum Gasteiger partial charge on any atom is -0.350 e. The molecule has 7 heteroatoms. The van der Waals surface area contributed by atoms with Gasteiger partial charge in [-0.2, -0.15) is 10.1 Å². The quantitative estimate of drug-likeness (QED) is 0.564. The standard InChI is InChI=1S/C21H21ClN6/c1-2-27-19-10-9-15(12-14(19)13-23-27)24-21-25-20-17(7-5-11-28(20)26-21)16-6-3-4-8-18(16)22/h3-8,11,13,15H,2,9-10,12H2,1H3,(H,24,26). The van der Waals surface area contributed by atoms with E-state index in [0.29, 0.717) is 17.0 Å². The van der Waals surface area contributed by atoms with Crippen molar-refractivity contribution < 1.29 is 0 Å². The Morgan fingerprint density at radius 3 is 2.89 bits per heavy atom. The molecule has 0 saturated carbocycles. The van der Waals surface area contributed by atoms with E-state index in [1.807, 2.05) is 53.3 Å². The van der Waals surface area contributed by atoms with Crippen LogP contribution in [0.3, 0.4) is 0 Å². The zero-order valence-corrected chi connectivity index (χ0v) is 16.4. The van der Waals surface area contributed by atoms with Gasteiger partial charge in [-0.05, 0) is 49.9 Å². The Labute approximate surface area is 168 Å². The fourth-order valence-electron chi connectivity index (χ4n) is 4.02. The third kappa shape index (κ3) is 2.94. The van der Waals surface area contributed by atoms with Gasteiger partial charge in [0.05, 0.1) is 6.20 Å². The molecule has 3 aromatic heterocycles. The fraction of sp³-hybridized carbons (Fsp3) is 0.286. The number of benzene rings is 1. The van der Waals surface area contributed by atoms with Gasteiger partial charge in [-0.3, -0.25) is 4.68 Å². The molecule has 1 aromatic carbocycles. The molecule has 1 unspecified atom stereocenters. The lowest BCUT2D eigenvalue weighted by atomic mass is 9.93. The first-order valence-corrected chi connectivity index (χ1v) is 10.0. The zero-order valence-electron chi connectivity index (χ0n) is 15.6. The van der Waals surface area contributed by atoms with Crippen molar-refractivity contribution in [2.24, 2.45) is 0 Å². The van der Waals surface area contributed by atoms with Crippen LogP contribution in [-0.4, -0.2) is 30.4 Å². The number of aromatic nitrogens is 5. The highest BCUT2D eigenvalue weighted by atomic mass is 35.5. The number of halogens is 1. The smallest absolute Gasteiger partial charge is 0.243 e. The molecular formula is C21H21ClN6. The van der Waals surface area contributed by atoms with Gasteiger partial charge in [0.1, 0.15) is 0 Å². The number of fused-ring (bicyclic) bond motifs is 2. The van der Waals surface area contributed by atoms with E-state index in [9.17, 15) is 0 Å². The highest BCUT2D eigenvalue weighted by Gasteiger charge is 2.23. The molecule has 0 aliphatic heterocycles. The van der Waals surface area contributed by atoms with Gasteiger partial charge < -0.3 is 5.32 Å². The summed E-state index contributed by atoms with van der Waals surface area (Å²) in [6, 6.07) is 12.1. The number of hydrogen-bond acceptors (Lipinski definition) is 4. The summed E-state index contributed by atoms with van der Waals surface area (Å²) in [5, 5.41) is 13.3. The summed E-state index contributed by atoms with van der Waals surface area (Å²) in [6.07, 6.45) is 6.93. The molecule has 0 bridgehead atoms. The molecule has 3 heterocycles. The maximum absolute atomic E-state index is 6.40. The van der Waals surface area contributed by atoms with Crippen molar-refractivity contribution >= 4 is 23.2 Å². The fourth-order valence-corrected chi connectivity index (χ4v) is 4.26. The molecule has 4 aromatic rings. The average Bonchev–Trinajstić information content (AvgIpc) is 3.31. The Hall–Kier alpha value is -2.86. The van der Waals surface area contributed by atoms with E-state index in [0.717, 1.165) is 42.6 Å². The van der Waals surface area contributed by atoms with Gasteiger partial charge in [0.25, 0.3) is 0 Å². The van der Waals surface area contributed by atoms with Crippen LogP contribution in [0.1, 0.15) is 24.6 Å². The molecule has 0 spiro atoms. The Kier molecular flexibility index (Phi) is 4.28. The minimum atomic E-state index is 0.309. The van der Waals surface area contributed by atoms with E-state index in [4.69, 9.17) is 16.6 Å². The van der Waals surface area contributed by atoms with Crippen LogP contribution >= 0.6 is 11.6 Å². The molecular weight excluding hydrogens is 372 g/mol. The SMILES string of the molecule is CCn1ncc2c1CCC(Nc1nc3c(-c4ccccc4Cl)cccn3n1)C2. The van der Waals surface area contributed by atoms with Gasteiger partial charge in [0.15, 0.2) is 5.65 Å². The Bertz CT molecular complexity index is 1140. The maximum atomic E-state index is 6.40. The molecule has 142 valence electrons. The first-order chi connectivity index (χ1) is 13.7. The van der Waals surface area contributed by atoms with Crippen LogP contribution < -0.4 is 5.32 Å². The number of nitrogens with one attached hydrogen (secondary N) is 1. The maximum Gasteiger partial charge on any atom is 0.243 e. The highest BCUT2D eigenvalue weighted by molar-refractivity contribution is 6.33. The largest absolute Gasteiger partial charge is 0.350 e. The van der Waals surface area contributed by atoms with Crippen molar-refractivity contribution in [3.05, 3.63) is 65.1 Å². The lowest BCUT2D eigenvalue weighted by Crippen LogP contribution is -2.28. The van der Waals surface area contributed by atoms with Gasteiger partial charge in [0.2, 0.25) is 5.95 Å². The van der Waals surface area contributed by atoms with Crippen molar-refractivity contribution in [3.8, 4) is 11.1 Å². The highest BCUT2D eigenvalue weighted by Crippen LogP contribution is 2.31. The van der Waals surface area contributed by atoms with Crippen molar-refractivity contribution in [2.45, 2.75) is 38.8 Å². The van der Waals surface area contributed by atoms with Crippen LogP contribution in [-0.2, 0) is 19.4 Å². The first kappa shape index (κ1) is 17.3. The Morgan fingerprint density at radius 1 is 1.18 bits per heavy atom. The summed E-state index contributed by atoms with van der Waals surface area (Å²) >= 11 is 6.40. The average molecular weight is 393 g/mol. The molecule has 5 rings (SSSR count). The molecule has 6 nitrogen and oxygen atoms in total. The molecule has 1 aliphatic carbocycles. The second-order valence-corrected chi connectivity index (χ2v) is 7.53. The number of rotatable bonds is 4. The van der Waals surface area contributed by atoms with Crippen LogP contribution in [0.15, 0.2) is 48.8 Å². The van der Waals surface area contributed by atoms with Crippen molar-refractivity contribution in [2.75, 3.05) is 5.32 Å². The van der Waals surface area contributed by atoms with Gasteiger partial charge in [-0.25, -0.2) is 4.52 Å². The monoisotopic (exact) mass is 392 g/mol. The topological polar surface area (TPSA) is 60.0 Å². The Balaban J connectivity index is 1.43. The summed E-state index contributed by atoms with van der Waals surface area (Å²) < 4.78 is 3.91. The van der Waals surface area contributed by atoms with Crippen LogP contribution in [0.5, 0.6) is 0 Å². The molecule has 28 heavy (non-hydrogen) atoms. The number of anilines is 1. The summed E-state index contributed by atoms with van der Waals surface area (Å²) in [7, 11) is 0. The lowest BCUT2D eigenvalue weighted by molar-refractivity contribution is 0.552. The number of nitrogens with zero attached hydrogens (tertiary/aromatic N) is 5. The summed E-state index contributed by atoms with van der Waals surface area (Å²) in [5.41, 5.74) is 5.43. The van der Waals surface area contributed by atoms with Crippen LogP contribution in [0, 0.1) is 0 Å². The molecule has 0 amide bonds. The van der Waals surface area contributed by atoms with Gasteiger partial charge >= 0.3 is 0 Å². The predicted octanol–water partition coefficient (Wildman–Crippen LogP) is 4.24. The van der Waals surface area contributed by atoms with Crippen molar-refractivity contribution in [1.29, 1.82) is 0 Å². The summed E-state index contributed by atoms with van der Waals surface area (Å²) in [5.74, 6) is 0.649. The van der Waals surface area contributed by atoms with E-state index >= 15 is 0 Å². The van der Waals surface area contributed by atoms with E-state index in [1.54, 1.807) is 0 Å². The third-order valence-electron chi connectivity index (χ3n) is 5.39. The second-order valence-electron chi connectivity index (χ2n) is 7.12. The van der Waals surface area contributed by atoms with E-state index < -0.39 is 0 Å². The normalized spacial score (nSPS) is 16.3. The van der Waals surface area contributed by atoms with E-state index in [-0.39, 0.29) is 0 Å². The van der Waals surface area contributed by atoms with E-state index in [2.05, 4.69) is 27.1 Å². The molecule has 1 N–H and O–H groups in total. The molecule has 1 aliphatic rings.